The minimum Gasteiger partial charge on any atom is -0.357 e. The van der Waals surface area contributed by atoms with E-state index in [9.17, 15) is 0 Å². The van der Waals surface area contributed by atoms with Crippen LogP contribution in [0.25, 0.3) is 0 Å². The van der Waals surface area contributed by atoms with Crippen molar-refractivity contribution in [1.82, 2.24) is 15.5 Å². The summed E-state index contributed by atoms with van der Waals surface area (Å²) in [4.78, 5) is 2.08. The van der Waals surface area contributed by atoms with Gasteiger partial charge < -0.3 is 10.2 Å². The lowest BCUT2D eigenvalue weighted by molar-refractivity contribution is 0.700. The third kappa shape index (κ3) is 3.38. The van der Waals surface area contributed by atoms with Gasteiger partial charge in [0.25, 0.3) is 0 Å². The molecule has 0 spiro atoms. The van der Waals surface area contributed by atoms with Gasteiger partial charge in [-0.3, -0.25) is 0 Å². The van der Waals surface area contributed by atoms with Crippen molar-refractivity contribution >= 4 is 5.82 Å². The lowest BCUT2D eigenvalue weighted by atomic mass is 10.4. The highest BCUT2D eigenvalue weighted by molar-refractivity contribution is 5.34. The van der Waals surface area contributed by atoms with E-state index in [4.69, 9.17) is 0 Å². The van der Waals surface area contributed by atoms with Crippen LogP contribution in [-0.4, -0.2) is 36.9 Å². The Morgan fingerprint density at radius 3 is 3.00 bits per heavy atom. The van der Waals surface area contributed by atoms with Crippen LogP contribution in [0.15, 0.2) is 18.3 Å². The smallest absolute Gasteiger partial charge is 0.151 e. The van der Waals surface area contributed by atoms with Gasteiger partial charge in [-0.1, -0.05) is 6.92 Å². The molecule has 0 fully saturated rings. The number of hydrogen-bond acceptors (Lipinski definition) is 4. The topological polar surface area (TPSA) is 41.0 Å². The van der Waals surface area contributed by atoms with Crippen LogP contribution in [0.2, 0.25) is 0 Å². The van der Waals surface area contributed by atoms with Gasteiger partial charge in [0.1, 0.15) is 0 Å². The minimum atomic E-state index is 0.917. The Labute approximate surface area is 79.0 Å². The summed E-state index contributed by atoms with van der Waals surface area (Å²) < 4.78 is 0. The maximum absolute atomic E-state index is 4.01. The van der Waals surface area contributed by atoms with Crippen LogP contribution in [0, 0.1) is 0 Å². The van der Waals surface area contributed by atoms with Crippen LogP contribution in [0.4, 0.5) is 5.82 Å². The summed E-state index contributed by atoms with van der Waals surface area (Å²) >= 11 is 0. The number of nitrogens with zero attached hydrogens (tertiary/aromatic N) is 3. The molecule has 1 aromatic rings. The summed E-state index contributed by atoms with van der Waals surface area (Å²) in [7, 11) is 2.02. The first kappa shape index (κ1) is 9.92. The Balaban J connectivity index is 2.35. The van der Waals surface area contributed by atoms with Crippen molar-refractivity contribution in [1.29, 1.82) is 0 Å². The number of aromatic nitrogens is 2. The second-order valence-corrected chi connectivity index (χ2v) is 2.86. The molecule has 1 rings (SSSR count). The van der Waals surface area contributed by atoms with Crippen molar-refractivity contribution < 1.29 is 0 Å². The van der Waals surface area contributed by atoms with Gasteiger partial charge >= 0.3 is 0 Å². The van der Waals surface area contributed by atoms with E-state index in [1.165, 1.54) is 0 Å². The standard InChI is InChI=1S/C9H16N4/c1-3-10-7-8-13(2)9-5-4-6-11-12-9/h4-6,10H,3,7-8H2,1-2H3. The zero-order chi connectivity index (χ0) is 9.52. The van der Waals surface area contributed by atoms with Crippen molar-refractivity contribution in [2.45, 2.75) is 6.92 Å². The average molecular weight is 180 g/mol. The minimum absolute atomic E-state index is 0.917. The predicted octanol–water partition coefficient (Wildman–Crippen LogP) is 0.522. The summed E-state index contributed by atoms with van der Waals surface area (Å²) in [6.07, 6.45) is 1.68. The fourth-order valence-electron chi connectivity index (χ4n) is 1.04. The highest BCUT2D eigenvalue weighted by Gasteiger charge is 1.99. The van der Waals surface area contributed by atoms with Crippen LogP contribution in [0.1, 0.15) is 6.92 Å². The Bertz CT molecular complexity index is 224. The molecule has 0 aliphatic rings. The molecule has 1 N–H and O–H groups in total. The molecular weight excluding hydrogens is 164 g/mol. The Morgan fingerprint density at radius 2 is 2.38 bits per heavy atom. The number of rotatable bonds is 5. The first-order chi connectivity index (χ1) is 6.34. The van der Waals surface area contributed by atoms with E-state index in [-0.39, 0.29) is 0 Å². The number of likely N-dealkylation sites (N-methyl/N-ethyl adjacent to an activating group) is 2. The van der Waals surface area contributed by atoms with Crippen LogP contribution in [-0.2, 0) is 0 Å². The molecule has 1 heterocycles. The lowest BCUT2D eigenvalue weighted by Gasteiger charge is -2.16. The summed E-state index contributed by atoms with van der Waals surface area (Å²) in [5, 5.41) is 11.1. The van der Waals surface area contributed by atoms with E-state index in [2.05, 4.69) is 27.3 Å². The Morgan fingerprint density at radius 1 is 1.54 bits per heavy atom. The number of nitrogens with one attached hydrogen (secondary N) is 1. The molecule has 4 heteroatoms. The lowest BCUT2D eigenvalue weighted by Crippen LogP contribution is -2.29. The molecular formula is C9H16N4. The molecule has 0 saturated carbocycles. The van der Waals surface area contributed by atoms with Crippen molar-refractivity contribution in [2.24, 2.45) is 0 Å². The zero-order valence-electron chi connectivity index (χ0n) is 8.20. The molecule has 0 aliphatic carbocycles. The second-order valence-electron chi connectivity index (χ2n) is 2.86. The van der Waals surface area contributed by atoms with E-state index < -0.39 is 0 Å². The van der Waals surface area contributed by atoms with Gasteiger partial charge in [0.05, 0.1) is 0 Å². The van der Waals surface area contributed by atoms with Gasteiger partial charge in [-0.25, -0.2) is 0 Å². The van der Waals surface area contributed by atoms with Gasteiger partial charge in [0.2, 0.25) is 0 Å². The molecule has 0 aromatic carbocycles. The highest BCUT2D eigenvalue weighted by Crippen LogP contribution is 2.03. The second kappa shape index (κ2) is 5.48. The Hall–Kier alpha value is -1.16. The molecule has 4 nitrogen and oxygen atoms in total. The molecule has 0 unspecified atom stereocenters. The molecule has 0 saturated heterocycles. The fraction of sp³-hybridized carbons (Fsp3) is 0.556. The van der Waals surface area contributed by atoms with Crippen molar-refractivity contribution in [2.75, 3.05) is 31.6 Å². The van der Waals surface area contributed by atoms with Gasteiger partial charge in [-0.15, -0.1) is 5.10 Å². The maximum Gasteiger partial charge on any atom is 0.151 e. The molecule has 0 aliphatic heterocycles. The van der Waals surface area contributed by atoms with Crippen molar-refractivity contribution in [3.8, 4) is 0 Å². The van der Waals surface area contributed by atoms with Crippen LogP contribution < -0.4 is 10.2 Å². The summed E-state index contributed by atoms with van der Waals surface area (Å²) in [5.74, 6) is 0.917. The SMILES string of the molecule is CCNCCN(C)c1cccnn1. The summed E-state index contributed by atoms with van der Waals surface area (Å²) in [5.41, 5.74) is 0. The van der Waals surface area contributed by atoms with Gasteiger partial charge in [0, 0.05) is 26.3 Å². The van der Waals surface area contributed by atoms with E-state index in [0.29, 0.717) is 0 Å². The number of anilines is 1. The molecule has 1 aromatic heterocycles. The molecule has 0 bridgehead atoms. The third-order valence-electron chi connectivity index (χ3n) is 1.82. The largest absolute Gasteiger partial charge is 0.357 e. The van der Waals surface area contributed by atoms with Gasteiger partial charge in [0.15, 0.2) is 5.82 Å². The van der Waals surface area contributed by atoms with E-state index in [0.717, 1.165) is 25.5 Å². The third-order valence-corrected chi connectivity index (χ3v) is 1.82. The normalized spacial score (nSPS) is 10.0. The molecule has 0 atom stereocenters. The quantitative estimate of drug-likeness (QED) is 0.671. The van der Waals surface area contributed by atoms with E-state index >= 15 is 0 Å². The molecule has 72 valence electrons. The van der Waals surface area contributed by atoms with Gasteiger partial charge in [-0.2, -0.15) is 5.10 Å². The highest BCUT2D eigenvalue weighted by atomic mass is 15.2. The summed E-state index contributed by atoms with van der Waals surface area (Å²) in [6.45, 7) is 5.03. The monoisotopic (exact) mass is 180 g/mol. The van der Waals surface area contributed by atoms with Crippen molar-refractivity contribution in [3.05, 3.63) is 18.3 Å². The summed E-state index contributed by atoms with van der Waals surface area (Å²) in [6, 6.07) is 3.85. The predicted molar refractivity (Wildman–Crippen MR) is 53.8 cm³/mol. The average Bonchev–Trinajstić information content (AvgIpc) is 2.19. The van der Waals surface area contributed by atoms with Crippen LogP contribution in [0.3, 0.4) is 0 Å². The number of hydrogen-bond donors (Lipinski definition) is 1. The Kier molecular flexibility index (Phi) is 4.18. The van der Waals surface area contributed by atoms with E-state index in [1.54, 1.807) is 6.20 Å². The molecule has 13 heavy (non-hydrogen) atoms. The van der Waals surface area contributed by atoms with Crippen LogP contribution in [0.5, 0.6) is 0 Å². The first-order valence-corrected chi connectivity index (χ1v) is 4.54. The fourth-order valence-corrected chi connectivity index (χ4v) is 1.04. The van der Waals surface area contributed by atoms with E-state index in [1.807, 2.05) is 19.2 Å². The van der Waals surface area contributed by atoms with Crippen LogP contribution >= 0.6 is 0 Å². The molecule has 0 amide bonds. The maximum atomic E-state index is 4.01. The van der Waals surface area contributed by atoms with Crippen molar-refractivity contribution in [3.63, 3.8) is 0 Å². The zero-order valence-corrected chi connectivity index (χ0v) is 8.20. The first-order valence-electron chi connectivity index (χ1n) is 4.54. The van der Waals surface area contributed by atoms with Gasteiger partial charge in [-0.05, 0) is 18.7 Å². The molecule has 0 radical (unpaired) electrons.